The maximum atomic E-state index is 13.0. The third-order valence-electron chi connectivity index (χ3n) is 2.85. The van der Waals surface area contributed by atoms with Gasteiger partial charge in [-0.2, -0.15) is 0 Å². The summed E-state index contributed by atoms with van der Waals surface area (Å²) in [6.45, 7) is 0. The second-order valence-electron chi connectivity index (χ2n) is 4.20. The highest BCUT2D eigenvalue weighted by Gasteiger charge is 2.26. The van der Waals surface area contributed by atoms with Gasteiger partial charge in [0.05, 0.1) is 10.2 Å². The Bertz CT molecular complexity index is 519. The van der Waals surface area contributed by atoms with Crippen molar-refractivity contribution in [2.75, 3.05) is 5.32 Å². The first-order valence-corrected chi connectivity index (χ1v) is 6.10. The van der Waals surface area contributed by atoms with Gasteiger partial charge in [-0.25, -0.2) is 9.37 Å². The van der Waals surface area contributed by atoms with Crippen LogP contribution in [0.25, 0.3) is 10.2 Å². The molecule has 0 amide bonds. The molecule has 1 fully saturated rings. The zero-order valence-corrected chi connectivity index (χ0v) is 9.43. The highest BCUT2D eigenvalue weighted by atomic mass is 32.1. The lowest BCUT2D eigenvalue weighted by Gasteiger charge is -2.32. The average molecular weight is 237 g/mol. The van der Waals surface area contributed by atoms with Crippen molar-refractivity contribution in [2.45, 2.75) is 24.9 Å². The van der Waals surface area contributed by atoms with E-state index in [-0.39, 0.29) is 5.82 Å². The summed E-state index contributed by atoms with van der Waals surface area (Å²) in [5.74, 6) is -0.214. The molecule has 0 bridgehead atoms. The molecule has 5 heteroatoms. The van der Waals surface area contributed by atoms with Crippen molar-refractivity contribution in [3.05, 3.63) is 24.0 Å². The third-order valence-corrected chi connectivity index (χ3v) is 3.80. The molecule has 2 aromatic rings. The average Bonchev–Trinajstić information content (AvgIpc) is 2.57. The molecule has 1 heterocycles. The van der Waals surface area contributed by atoms with E-state index in [1.165, 1.54) is 23.5 Å². The number of fused-ring (bicyclic) bond motifs is 1. The molecule has 0 radical (unpaired) electrons. The lowest BCUT2D eigenvalue weighted by Crippen LogP contribution is -2.44. The summed E-state index contributed by atoms with van der Waals surface area (Å²) in [4.78, 5) is 4.40. The maximum Gasteiger partial charge on any atom is 0.184 e. The second kappa shape index (κ2) is 3.68. The van der Waals surface area contributed by atoms with Gasteiger partial charge in [-0.05, 0) is 31.0 Å². The highest BCUT2D eigenvalue weighted by molar-refractivity contribution is 7.22. The summed E-state index contributed by atoms with van der Waals surface area (Å²) in [6.07, 6.45) is 1.98. The molecule has 84 valence electrons. The van der Waals surface area contributed by atoms with E-state index in [2.05, 4.69) is 10.3 Å². The highest BCUT2D eigenvalue weighted by Crippen LogP contribution is 2.29. The summed E-state index contributed by atoms with van der Waals surface area (Å²) in [5.41, 5.74) is 6.56. The smallest absolute Gasteiger partial charge is 0.184 e. The van der Waals surface area contributed by atoms with Crippen molar-refractivity contribution < 1.29 is 4.39 Å². The van der Waals surface area contributed by atoms with E-state index < -0.39 is 0 Å². The van der Waals surface area contributed by atoms with Gasteiger partial charge in [0.15, 0.2) is 5.13 Å². The number of benzene rings is 1. The van der Waals surface area contributed by atoms with Crippen molar-refractivity contribution in [3.8, 4) is 0 Å². The van der Waals surface area contributed by atoms with Crippen molar-refractivity contribution in [1.82, 2.24) is 4.98 Å². The fourth-order valence-electron chi connectivity index (χ4n) is 1.91. The van der Waals surface area contributed by atoms with Crippen LogP contribution in [-0.4, -0.2) is 17.1 Å². The molecule has 1 aromatic carbocycles. The number of anilines is 1. The van der Waals surface area contributed by atoms with E-state index in [0.29, 0.717) is 12.1 Å². The Morgan fingerprint density at radius 1 is 1.44 bits per heavy atom. The van der Waals surface area contributed by atoms with Gasteiger partial charge in [-0.1, -0.05) is 11.3 Å². The van der Waals surface area contributed by atoms with Crippen LogP contribution in [0.4, 0.5) is 9.52 Å². The molecule has 1 aromatic heterocycles. The standard InChI is InChI=1S/C11H12FN3S/c12-6-1-2-9-10(3-6)16-11(15-9)14-8-4-7(13)5-8/h1-3,7-8H,4-5,13H2,(H,14,15). The normalized spacial score (nSPS) is 24.4. The molecule has 3 nitrogen and oxygen atoms in total. The molecule has 0 atom stereocenters. The molecule has 1 aliphatic rings. The second-order valence-corrected chi connectivity index (χ2v) is 5.23. The van der Waals surface area contributed by atoms with E-state index in [1.807, 2.05) is 0 Å². The minimum Gasteiger partial charge on any atom is -0.359 e. The van der Waals surface area contributed by atoms with Crippen LogP contribution in [0, 0.1) is 5.82 Å². The van der Waals surface area contributed by atoms with Crippen molar-refractivity contribution in [1.29, 1.82) is 0 Å². The molecule has 1 saturated carbocycles. The summed E-state index contributed by atoms with van der Waals surface area (Å²) >= 11 is 1.49. The van der Waals surface area contributed by atoms with Gasteiger partial charge in [-0.3, -0.25) is 0 Å². The minimum atomic E-state index is -0.214. The molecule has 0 unspecified atom stereocenters. The van der Waals surface area contributed by atoms with Crippen LogP contribution in [0.15, 0.2) is 18.2 Å². The Labute approximate surface area is 96.5 Å². The number of hydrogen-bond donors (Lipinski definition) is 2. The zero-order valence-electron chi connectivity index (χ0n) is 8.61. The minimum absolute atomic E-state index is 0.214. The lowest BCUT2D eigenvalue weighted by molar-refractivity contribution is 0.373. The van der Waals surface area contributed by atoms with Crippen molar-refractivity contribution in [3.63, 3.8) is 0 Å². The number of nitrogens with zero attached hydrogens (tertiary/aromatic N) is 1. The Morgan fingerprint density at radius 2 is 2.25 bits per heavy atom. The Morgan fingerprint density at radius 3 is 3.00 bits per heavy atom. The Kier molecular flexibility index (Phi) is 2.29. The summed E-state index contributed by atoms with van der Waals surface area (Å²) in [5, 5.41) is 4.18. The maximum absolute atomic E-state index is 13.0. The molecular weight excluding hydrogens is 225 g/mol. The van der Waals surface area contributed by atoms with Crippen LogP contribution < -0.4 is 11.1 Å². The topological polar surface area (TPSA) is 50.9 Å². The number of nitrogens with two attached hydrogens (primary N) is 1. The molecule has 0 spiro atoms. The van der Waals surface area contributed by atoms with Crippen LogP contribution in [0.1, 0.15) is 12.8 Å². The van der Waals surface area contributed by atoms with Crippen LogP contribution in [0.3, 0.4) is 0 Å². The fourth-order valence-corrected chi connectivity index (χ4v) is 2.88. The molecular formula is C11H12FN3S. The van der Waals surface area contributed by atoms with Gasteiger partial charge in [0.1, 0.15) is 5.82 Å². The summed E-state index contributed by atoms with van der Waals surface area (Å²) in [7, 11) is 0. The zero-order chi connectivity index (χ0) is 11.1. The van der Waals surface area contributed by atoms with E-state index in [9.17, 15) is 4.39 Å². The number of thiazole rings is 1. The fraction of sp³-hybridized carbons (Fsp3) is 0.364. The largest absolute Gasteiger partial charge is 0.359 e. The van der Waals surface area contributed by atoms with Crippen molar-refractivity contribution in [2.24, 2.45) is 5.73 Å². The first kappa shape index (κ1) is 9.99. The molecule has 0 saturated heterocycles. The third kappa shape index (κ3) is 1.76. The number of hydrogen-bond acceptors (Lipinski definition) is 4. The van der Waals surface area contributed by atoms with E-state index in [4.69, 9.17) is 5.73 Å². The van der Waals surface area contributed by atoms with Crippen LogP contribution in [0.5, 0.6) is 0 Å². The molecule has 3 N–H and O–H groups in total. The van der Waals surface area contributed by atoms with Gasteiger partial charge >= 0.3 is 0 Å². The Hall–Kier alpha value is -1.20. The van der Waals surface area contributed by atoms with Crippen LogP contribution in [0.2, 0.25) is 0 Å². The lowest BCUT2D eigenvalue weighted by atomic mass is 9.88. The number of nitrogens with one attached hydrogen (secondary N) is 1. The van der Waals surface area contributed by atoms with Crippen LogP contribution in [-0.2, 0) is 0 Å². The van der Waals surface area contributed by atoms with Gasteiger partial charge in [-0.15, -0.1) is 0 Å². The summed E-state index contributed by atoms with van der Waals surface area (Å²) in [6, 6.07) is 5.42. The monoisotopic (exact) mass is 237 g/mol. The van der Waals surface area contributed by atoms with Gasteiger partial charge in [0.25, 0.3) is 0 Å². The predicted octanol–water partition coefficient (Wildman–Crippen LogP) is 2.34. The van der Waals surface area contributed by atoms with Crippen molar-refractivity contribution >= 4 is 26.7 Å². The SMILES string of the molecule is NC1CC(Nc2nc3ccc(F)cc3s2)C1. The molecule has 1 aliphatic carbocycles. The molecule has 16 heavy (non-hydrogen) atoms. The number of halogens is 1. The molecule has 3 rings (SSSR count). The predicted molar refractivity (Wildman–Crippen MR) is 64.2 cm³/mol. The quantitative estimate of drug-likeness (QED) is 0.843. The van der Waals surface area contributed by atoms with Crippen LogP contribution >= 0.6 is 11.3 Å². The van der Waals surface area contributed by atoms with Gasteiger partial charge in [0.2, 0.25) is 0 Å². The van der Waals surface area contributed by atoms with E-state index in [1.54, 1.807) is 6.07 Å². The summed E-state index contributed by atoms with van der Waals surface area (Å²) < 4.78 is 13.9. The Balaban J connectivity index is 1.82. The first-order chi connectivity index (χ1) is 7.70. The number of aromatic nitrogens is 1. The number of rotatable bonds is 2. The van der Waals surface area contributed by atoms with Gasteiger partial charge in [0, 0.05) is 12.1 Å². The van der Waals surface area contributed by atoms with E-state index in [0.717, 1.165) is 28.2 Å². The molecule has 0 aliphatic heterocycles. The van der Waals surface area contributed by atoms with E-state index >= 15 is 0 Å². The first-order valence-electron chi connectivity index (χ1n) is 5.29. The van der Waals surface area contributed by atoms with Gasteiger partial charge < -0.3 is 11.1 Å².